The fraction of sp³-hybridized carbons (Fsp3) is 0.333. The van der Waals surface area contributed by atoms with Crippen LogP contribution in [0.4, 0.5) is 16.3 Å². The minimum absolute atomic E-state index is 0.129. The molecule has 21 heavy (non-hydrogen) atoms. The molecule has 0 aliphatic carbocycles. The van der Waals surface area contributed by atoms with Gasteiger partial charge in [-0.1, -0.05) is 32.0 Å². The van der Waals surface area contributed by atoms with Gasteiger partial charge in [0.15, 0.2) is 5.82 Å². The Balaban J connectivity index is 2.05. The standard InChI is InChI=1S/C15H19N3O3/c1-9-10(6-5-7-11(9)19)16-14(20)17-13-8-12(21-18-13)15(2,3)4/h5-8,19H,1-4H3,(H2,16,17,18,20). The van der Waals surface area contributed by atoms with Gasteiger partial charge in [-0.3, -0.25) is 5.32 Å². The van der Waals surface area contributed by atoms with Crippen molar-refractivity contribution in [2.75, 3.05) is 10.6 Å². The minimum Gasteiger partial charge on any atom is -0.508 e. The fourth-order valence-corrected chi connectivity index (χ4v) is 1.72. The highest BCUT2D eigenvalue weighted by Gasteiger charge is 2.20. The van der Waals surface area contributed by atoms with E-state index in [-0.39, 0.29) is 11.2 Å². The molecule has 1 aromatic carbocycles. The molecule has 2 aromatic rings. The first-order valence-electron chi connectivity index (χ1n) is 6.61. The zero-order valence-electron chi connectivity index (χ0n) is 12.5. The summed E-state index contributed by atoms with van der Waals surface area (Å²) in [6.45, 7) is 7.70. The maximum atomic E-state index is 11.9. The Morgan fingerprint density at radius 3 is 2.62 bits per heavy atom. The Morgan fingerprint density at radius 2 is 2.00 bits per heavy atom. The summed E-state index contributed by atoms with van der Waals surface area (Å²) in [6.07, 6.45) is 0. The van der Waals surface area contributed by atoms with Gasteiger partial charge in [0.25, 0.3) is 0 Å². The number of nitrogens with zero attached hydrogens (tertiary/aromatic N) is 1. The monoisotopic (exact) mass is 289 g/mol. The van der Waals surface area contributed by atoms with Crippen molar-refractivity contribution in [1.29, 1.82) is 0 Å². The third-order valence-electron chi connectivity index (χ3n) is 3.04. The third-order valence-corrected chi connectivity index (χ3v) is 3.04. The average Bonchev–Trinajstić information content (AvgIpc) is 2.83. The van der Waals surface area contributed by atoms with E-state index in [2.05, 4.69) is 15.8 Å². The molecule has 0 bridgehead atoms. The number of aromatic nitrogens is 1. The van der Waals surface area contributed by atoms with Crippen LogP contribution >= 0.6 is 0 Å². The van der Waals surface area contributed by atoms with Crippen molar-refractivity contribution in [3.05, 3.63) is 35.6 Å². The lowest BCUT2D eigenvalue weighted by atomic mass is 9.93. The summed E-state index contributed by atoms with van der Waals surface area (Å²) < 4.78 is 5.19. The van der Waals surface area contributed by atoms with E-state index in [1.165, 1.54) is 0 Å². The molecule has 6 nitrogen and oxygen atoms in total. The number of rotatable bonds is 2. The van der Waals surface area contributed by atoms with Crippen LogP contribution in [0, 0.1) is 6.92 Å². The second kappa shape index (κ2) is 5.47. The summed E-state index contributed by atoms with van der Waals surface area (Å²) in [7, 11) is 0. The van der Waals surface area contributed by atoms with E-state index in [1.54, 1.807) is 31.2 Å². The molecule has 0 aliphatic rings. The number of carbonyl (C=O) groups excluding carboxylic acids is 1. The topological polar surface area (TPSA) is 87.4 Å². The van der Waals surface area contributed by atoms with E-state index in [1.807, 2.05) is 20.8 Å². The van der Waals surface area contributed by atoms with Crippen LogP contribution in [-0.4, -0.2) is 16.3 Å². The maximum absolute atomic E-state index is 11.9. The molecule has 0 fully saturated rings. The fourth-order valence-electron chi connectivity index (χ4n) is 1.72. The second-order valence-electron chi connectivity index (χ2n) is 5.86. The van der Waals surface area contributed by atoms with Crippen LogP contribution in [0.5, 0.6) is 5.75 Å². The minimum atomic E-state index is -0.447. The molecule has 0 unspecified atom stereocenters. The molecule has 6 heteroatoms. The van der Waals surface area contributed by atoms with Crippen LogP contribution in [0.25, 0.3) is 0 Å². The highest BCUT2D eigenvalue weighted by molar-refractivity contribution is 5.99. The zero-order valence-corrected chi connectivity index (χ0v) is 12.5. The van der Waals surface area contributed by atoms with Crippen molar-refractivity contribution in [3.8, 4) is 5.75 Å². The zero-order chi connectivity index (χ0) is 15.6. The molecule has 0 spiro atoms. The average molecular weight is 289 g/mol. The van der Waals surface area contributed by atoms with Crippen LogP contribution in [0.15, 0.2) is 28.8 Å². The molecule has 0 atom stereocenters. The third kappa shape index (κ3) is 3.53. The smallest absolute Gasteiger partial charge is 0.324 e. The van der Waals surface area contributed by atoms with Crippen molar-refractivity contribution in [2.45, 2.75) is 33.1 Å². The first-order chi connectivity index (χ1) is 9.77. The normalized spacial score (nSPS) is 11.2. The van der Waals surface area contributed by atoms with Crippen molar-refractivity contribution >= 4 is 17.5 Å². The number of aromatic hydroxyl groups is 1. The lowest BCUT2D eigenvalue weighted by Crippen LogP contribution is -2.20. The van der Waals surface area contributed by atoms with Gasteiger partial charge in [-0.25, -0.2) is 4.79 Å². The van der Waals surface area contributed by atoms with Gasteiger partial charge < -0.3 is 14.9 Å². The number of phenolic OH excluding ortho intramolecular Hbond substituents is 1. The van der Waals surface area contributed by atoms with Crippen LogP contribution in [0.1, 0.15) is 32.1 Å². The molecule has 2 rings (SSSR count). The largest absolute Gasteiger partial charge is 0.508 e. The van der Waals surface area contributed by atoms with E-state index in [0.717, 1.165) is 0 Å². The van der Waals surface area contributed by atoms with Gasteiger partial charge in [0, 0.05) is 22.7 Å². The van der Waals surface area contributed by atoms with Crippen LogP contribution in [0.3, 0.4) is 0 Å². The van der Waals surface area contributed by atoms with Crippen LogP contribution in [0.2, 0.25) is 0 Å². The van der Waals surface area contributed by atoms with Gasteiger partial charge >= 0.3 is 6.03 Å². The second-order valence-corrected chi connectivity index (χ2v) is 5.86. The molecule has 1 aromatic heterocycles. The predicted octanol–water partition coefficient (Wildman–Crippen LogP) is 3.63. The summed E-state index contributed by atoms with van der Waals surface area (Å²) in [5.41, 5.74) is 0.959. The number of carbonyl (C=O) groups is 1. The number of nitrogens with one attached hydrogen (secondary N) is 2. The van der Waals surface area contributed by atoms with E-state index in [0.29, 0.717) is 22.8 Å². The lowest BCUT2D eigenvalue weighted by molar-refractivity contribution is 0.262. The first-order valence-corrected chi connectivity index (χ1v) is 6.61. The van der Waals surface area contributed by atoms with Crippen molar-refractivity contribution in [3.63, 3.8) is 0 Å². The van der Waals surface area contributed by atoms with E-state index < -0.39 is 6.03 Å². The summed E-state index contributed by atoms with van der Waals surface area (Å²) >= 11 is 0. The molecule has 1 heterocycles. The van der Waals surface area contributed by atoms with Gasteiger partial charge in [-0.15, -0.1) is 0 Å². The molecule has 0 radical (unpaired) electrons. The van der Waals surface area contributed by atoms with Crippen LogP contribution < -0.4 is 10.6 Å². The molecule has 0 saturated heterocycles. The SMILES string of the molecule is Cc1c(O)cccc1NC(=O)Nc1cc(C(C)(C)C)on1. The Labute approximate surface area is 123 Å². The molecular formula is C15H19N3O3. The Morgan fingerprint density at radius 1 is 1.29 bits per heavy atom. The van der Waals surface area contributed by atoms with Gasteiger partial charge in [-0.05, 0) is 19.1 Å². The van der Waals surface area contributed by atoms with Crippen molar-refractivity contribution in [2.24, 2.45) is 0 Å². The Hall–Kier alpha value is -2.50. The molecule has 0 saturated carbocycles. The summed E-state index contributed by atoms with van der Waals surface area (Å²) in [6, 6.07) is 6.17. The molecule has 2 amide bonds. The van der Waals surface area contributed by atoms with Crippen molar-refractivity contribution < 1.29 is 14.4 Å². The van der Waals surface area contributed by atoms with E-state index in [4.69, 9.17) is 4.52 Å². The molecular weight excluding hydrogens is 270 g/mol. The van der Waals surface area contributed by atoms with Crippen molar-refractivity contribution in [1.82, 2.24) is 5.16 Å². The number of hydrogen-bond acceptors (Lipinski definition) is 4. The number of phenols is 1. The number of benzene rings is 1. The van der Waals surface area contributed by atoms with E-state index in [9.17, 15) is 9.90 Å². The maximum Gasteiger partial charge on any atom is 0.324 e. The molecule has 3 N–H and O–H groups in total. The van der Waals surface area contributed by atoms with Gasteiger partial charge in [0.2, 0.25) is 0 Å². The predicted molar refractivity (Wildman–Crippen MR) is 80.7 cm³/mol. The van der Waals surface area contributed by atoms with Gasteiger partial charge in [0.05, 0.1) is 0 Å². The Kier molecular flexibility index (Phi) is 3.88. The number of anilines is 2. The summed E-state index contributed by atoms with van der Waals surface area (Å²) in [4.78, 5) is 11.9. The highest BCUT2D eigenvalue weighted by Crippen LogP contribution is 2.25. The van der Waals surface area contributed by atoms with Gasteiger partial charge in [-0.2, -0.15) is 0 Å². The highest BCUT2D eigenvalue weighted by atomic mass is 16.5. The number of amides is 2. The summed E-state index contributed by atoms with van der Waals surface area (Å²) in [5, 5.41) is 18.7. The Bertz CT molecular complexity index is 656. The molecule has 0 aliphatic heterocycles. The van der Waals surface area contributed by atoms with Crippen LogP contribution in [-0.2, 0) is 5.41 Å². The molecule has 112 valence electrons. The number of urea groups is 1. The quantitative estimate of drug-likeness (QED) is 0.787. The number of hydrogen-bond donors (Lipinski definition) is 3. The summed E-state index contributed by atoms with van der Waals surface area (Å²) in [5.74, 6) is 1.16. The lowest BCUT2D eigenvalue weighted by Gasteiger charge is -2.12. The first kappa shape index (κ1) is 14.9. The van der Waals surface area contributed by atoms with E-state index >= 15 is 0 Å². The van der Waals surface area contributed by atoms with Gasteiger partial charge in [0.1, 0.15) is 11.5 Å².